The molecule has 3 rings (SSSR count). The third-order valence-corrected chi connectivity index (χ3v) is 3.79. The molecule has 0 aliphatic heterocycles. The van der Waals surface area contributed by atoms with Crippen molar-refractivity contribution in [2.24, 2.45) is 0 Å². The first-order chi connectivity index (χ1) is 11.1. The number of aromatic nitrogens is 1. The predicted molar refractivity (Wildman–Crippen MR) is 92.7 cm³/mol. The van der Waals surface area contributed by atoms with E-state index in [1.54, 1.807) is 6.92 Å². The van der Waals surface area contributed by atoms with Crippen LogP contribution in [0.2, 0.25) is 0 Å². The number of rotatable bonds is 4. The van der Waals surface area contributed by atoms with Crippen LogP contribution in [0.15, 0.2) is 59.4 Å². The minimum absolute atomic E-state index is 0.0197. The Morgan fingerprint density at radius 3 is 2.65 bits per heavy atom. The first kappa shape index (κ1) is 15.0. The monoisotopic (exact) mass is 306 g/mol. The van der Waals surface area contributed by atoms with Crippen LogP contribution in [0.5, 0.6) is 0 Å². The molecule has 2 N–H and O–H groups in total. The number of aryl methyl sites for hydroxylation is 2. The highest BCUT2D eigenvalue weighted by atomic mass is 16.1. The van der Waals surface area contributed by atoms with Gasteiger partial charge in [0.15, 0.2) is 0 Å². The molecule has 4 heteroatoms. The zero-order valence-corrected chi connectivity index (χ0v) is 12.9. The number of amides is 1. The van der Waals surface area contributed by atoms with Gasteiger partial charge >= 0.3 is 0 Å². The molecule has 1 aromatic heterocycles. The van der Waals surface area contributed by atoms with Crippen LogP contribution in [0.3, 0.4) is 0 Å². The lowest BCUT2D eigenvalue weighted by atomic mass is 10.1. The van der Waals surface area contributed by atoms with E-state index in [-0.39, 0.29) is 11.5 Å². The van der Waals surface area contributed by atoms with Crippen LogP contribution >= 0.6 is 0 Å². The molecular formula is C19H18N2O2. The van der Waals surface area contributed by atoms with Gasteiger partial charge in [-0.3, -0.25) is 9.59 Å². The molecule has 116 valence electrons. The van der Waals surface area contributed by atoms with Crippen LogP contribution < -0.4 is 10.9 Å². The molecule has 23 heavy (non-hydrogen) atoms. The number of carbonyl (C=O) groups is 1. The topological polar surface area (TPSA) is 62.0 Å². The number of hydrogen-bond acceptors (Lipinski definition) is 2. The van der Waals surface area contributed by atoms with Gasteiger partial charge in [-0.05, 0) is 48.6 Å². The van der Waals surface area contributed by atoms with E-state index in [9.17, 15) is 9.59 Å². The Labute approximate surface area is 134 Å². The molecule has 0 aliphatic carbocycles. The highest BCUT2D eigenvalue weighted by molar-refractivity contribution is 5.90. The minimum Gasteiger partial charge on any atom is -0.326 e. The van der Waals surface area contributed by atoms with E-state index in [4.69, 9.17) is 0 Å². The molecule has 0 saturated carbocycles. The van der Waals surface area contributed by atoms with Gasteiger partial charge < -0.3 is 10.3 Å². The molecule has 0 unspecified atom stereocenters. The zero-order valence-electron chi connectivity index (χ0n) is 12.9. The average molecular weight is 306 g/mol. The van der Waals surface area contributed by atoms with Crippen molar-refractivity contribution in [2.75, 3.05) is 5.32 Å². The van der Waals surface area contributed by atoms with Crippen molar-refractivity contribution in [3.63, 3.8) is 0 Å². The summed E-state index contributed by atoms with van der Waals surface area (Å²) in [5.41, 5.74) is 3.27. The molecular weight excluding hydrogens is 288 g/mol. The van der Waals surface area contributed by atoms with Crippen LogP contribution in [-0.4, -0.2) is 10.9 Å². The van der Waals surface area contributed by atoms with Crippen LogP contribution in [0.4, 0.5) is 5.69 Å². The van der Waals surface area contributed by atoms with Gasteiger partial charge in [0, 0.05) is 23.2 Å². The second-order valence-corrected chi connectivity index (χ2v) is 5.62. The van der Waals surface area contributed by atoms with Crippen LogP contribution in [0.25, 0.3) is 10.9 Å². The van der Waals surface area contributed by atoms with Crippen LogP contribution in [0.1, 0.15) is 17.5 Å². The molecule has 0 spiro atoms. The first-order valence-corrected chi connectivity index (χ1v) is 7.59. The lowest BCUT2D eigenvalue weighted by molar-refractivity contribution is -0.116. The van der Waals surface area contributed by atoms with E-state index in [1.807, 2.05) is 54.6 Å². The Morgan fingerprint density at radius 1 is 1.09 bits per heavy atom. The maximum Gasteiger partial charge on any atom is 0.251 e. The molecule has 0 radical (unpaired) electrons. The molecule has 0 atom stereocenters. The highest BCUT2D eigenvalue weighted by Gasteiger charge is 2.05. The fourth-order valence-corrected chi connectivity index (χ4v) is 2.52. The summed E-state index contributed by atoms with van der Waals surface area (Å²) in [6.07, 6.45) is 1.03. The second-order valence-electron chi connectivity index (χ2n) is 5.62. The third-order valence-electron chi connectivity index (χ3n) is 3.79. The lowest BCUT2D eigenvalue weighted by Gasteiger charge is -2.06. The summed E-state index contributed by atoms with van der Waals surface area (Å²) in [4.78, 5) is 26.5. The van der Waals surface area contributed by atoms with E-state index in [0.717, 1.165) is 22.2 Å². The Bertz CT molecular complexity index is 898. The largest absolute Gasteiger partial charge is 0.326 e. The Morgan fingerprint density at radius 2 is 1.87 bits per heavy atom. The van der Waals surface area contributed by atoms with Gasteiger partial charge in [-0.2, -0.15) is 0 Å². The van der Waals surface area contributed by atoms with Crippen molar-refractivity contribution in [1.29, 1.82) is 0 Å². The van der Waals surface area contributed by atoms with Gasteiger partial charge in [-0.1, -0.05) is 30.3 Å². The van der Waals surface area contributed by atoms with E-state index in [1.165, 1.54) is 0 Å². The molecule has 0 saturated heterocycles. The fraction of sp³-hybridized carbons (Fsp3) is 0.158. The predicted octanol–water partition coefficient (Wildman–Crippen LogP) is 3.41. The second kappa shape index (κ2) is 6.48. The lowest BCUT2D eigenvalue weighted by Crippen LogP contribution is -2.12. The maximum absolute atomic E-state index is 12.0. The quantitative estimate of drug-likeness (QED) is 0.776. The molecule has 0 aliphatic rings. The van der Waals surface area contributed by atoms with Crippen molar-refractivity contribution in [3.8, 4) is 0 Å². The average Bonchev–Trinajstić information content (AvgIpc) is 2.55. The molecule has 3 aromatic rings. The number of carbonyl (C=O) groups excluding carboxylic acids is 1. The van der Waals surface area contributed by atoms with Gasteiger partial charge in [-0.25, -0.2) is 0 Å². The molecule has 0 bridgehead atoms. The van der Waals surface area contributed by atoms with Gasteiger partial charge in [-0.15, -0.1) is 0 Å². The smallest absolute Gasteiger partial charge is 0.251 e. The SMILES string of the molecule is Cc1cc2ccc(CCC(=O)Nc3ccccc3)cc2[nH]c1=O. The number of aromatic amines is 1. The standard InChI is InChI=1S/C19H18N2O2/c1-13-11-15-9-7-14(12-17(15)21-19(13)23)8-10-18(22)20-16-5-3-2-4-6-16/h2-7,9,11-12H,8,10H2,1H3,(H,20,22)(H,21,23). The molecule has 1 heterocycles. The number of hydrogen-bond donors (Lipinski definition) is 2. The molecule has 4 nitrogen and oxygen atoms in total. The van der Waals surface area contributed by atoms with E-state index < -0.39 is 0 Å². The number of anilines is 1. The maximum atomic E-state index is 12.0. The summed E-state index contributed by atoms with van der Waals surface area (Å²) in [7, 11) is 0. The van der Waals surface area contributed by atoms with Crippen molar-refractivity contribution in [2.45, 2.75) is 19.8 Å². The highest BCUT2D eigenvalue weighted by Crippen LogP contribution is 2.15. The summed E-state index contributed by atoms with van der Waals surface area (Å²) in [6, 6.07) is 17.2. The molecule has 0 fully saturated rings. The van der Waals surface area contributed by atoms with Gasteiger partial charge in [0.25, 0.3) is 5.56 Å². The van der Waals surface area contributed by atoms with Crippen molar-refractivity contribution in [1.82, 2.24) is 4.98 Å². The van der Waals surface area contributed by atoms with E-state index in [0.29, 0.717) is 18.4 Å². The molecule has 1 amide bonds. The van der Waals surface area contributed by atoms with Gasteiger partial charge in [0.1, 0.15) is 0 Å². The summed E-state index contributed by atoms with van der Waals surface area (Å²) >= 11 is 0. The van der Waals surface area contributed by atoms with E-state index in [2.05, 4.69) is 10.3 Å². The van der Waals surface area contributed by atoms with E-state index >= 15 is 0 Å². The molecule has 2 aromatic carbocycles. The Kier molecular flexibility index (Phi) is 4.24. The fourth-order valence-electron chi connectivity index (χ4n) is 2.52. The number of benzene rings is 2. The van der Waals surface area contributed by atoms with Gasteiger partial charge in [0.05, 0.1) is 0 Å². The first-order valence-electron chi connectivity index (χ1n) is 7.59. The zero-order chi connectivity index (χ0) is 16.2. The summed E-state index contributed by atoms with van der Waals surface area (Å²) in [5.74, 6) is -0.0197. The number of nitrogens with one attached hydrogen (secondary N) is 2. The Balaban J connectivity index is 1.68. The number of H-pyrrole nitrogens is 1. The number of para-hydroxylation sites is 1. The van der Waals surface area contributed by atoms with Crippen molar-refractivity contribution < 1.29 is 4.79 Å². The summed E-state index contributed by atoms with van der Waals surface area (Å²) < 4.78 is 0. The number of fused-ring (bicyclic) bond motifs is 1. The minimum atomic E-state index is -0.0727. The Hall–Kier alpha value is -2.88. The normalized spacial score (nSPS) is 10.7. The number of pyridine rings is 1. The third kappa shape index (κ3) is 3.66. The van der Waals surface area contributed by atoms with Crippen LogP contribution in [-0.2, 0) is 11.2 Å². The summed E-state index contributed by atoms with van der Waals surface area (Å²) in [6.45, 7) is 1.79. The van der Waals surface area contributed by atoms with Crippen LogP contribution in [0, 0.1) is 6.92 Å². The van der Waals surface area contributed by atoms with Crippen molar-refractivity contribution >= 4 is 22.5 Å². The van der Waals surface area contributed by atoms with Crippen molar-refractivity contribution in [3.05, 3.63) is 76.1 Å². The summed E-state index contributed by atoms with van der Waals surface area (Å²) in [5, 5.41) is 3.87. The van der Waals surface area contributed by atoms with Gasteiger partial charge in [0.2, 0.25) is 5.91 Å².